The lowest BCUT2D eigenvalue weighted by Gasteiger charge is -2.06. The summed E-state index contributed by atoms with van der Waals surface area (Å²) in [5.74, 6) is 0.151. The molecular weight excluding hydrogens is 456 g/mol. The third kappa shape index (κ3) is 7.08. The Kier molecular flexibility index (Phi) is 9.00. The number of hydrogen-bond acceptors (Lipinski definition) is 6. The molecule has 6 heteroatoms. The van der Waals surface area contributed by atoms with Gasteiger partial charge in [-0.3, -0.25) is 9.59 Å². The highest BCUT2D eigenvalue weighted by Crippen LogP contribution is 2.26. The summed E-state index contributed by atoms with van der Waals surface area (Å²) in [6.07, 6.45) is 9.04. The first-order valence-electron chi connectivity index (χ1n) is 11.1. The van der Waals surface area contributed by atoms with E-state index < -0.39 is 0 Å². The largest absolute Gasteiger partial charge is 0.507 e. The second-order valence-electron chi connectivity index (χ2n) is 7.62. The minimum absolute atomic E-state index is 0.00395. The number of benzene rings is 3. The van der Waals surface area contributed by atoms with Crippen molar-refractivity contribution in [3.63, 3.8) is 0 Å². The van der Waals surface area contributed by atoms with Crippen molar-refractivity contribution in [1.29, 1.82) is 0 Å². The van der Waals surface area contributed by atoms with E-state index in [1.54, 1.807) is 60.7 Å². The molecule has 0 saturated carbocycles. The van der Waals surface area contributed by atoms with E-state index in [0.29, 0.717) is 41.4 Å². The van der Waals surface area contributed by atoms with Crippen LogP contribution in [0.2, 0.25) is 0 Å². The summed E-state index contributed by atoms with van der Waals surface area (Å²) < 4.78 is 10.7. The molecule has 3 aromatic carbocycles. The maximum Gasteiger partial charge on any atom is 0.189 e. The molecule has 0 spiro atoms. The zero-order valence-electron chi connectivity index (χ0n) is 19.6. The van der Waals surface area contributed by atoms with E-state index in [1.165, 1.54) is 36.4 Å². The molecule has 0 heterocycles. The molecule has 2 N–H and O–H groups in total. The minimum Gasteiger partial charge on any atom is -0.507 e. The van der Waals surface area contributed by atoms with Crippen LogP contribution in [0.1, 0.15) is 31.8 Å². The second-order valence-corrected chi connectivity index (χ2v) is 7.62. The molecule has 0 aliphatic carbocycles. The maximum atomic E-state index is 12.5. The molecule has 0 aliphatic heterocycles. The van der Waals surface area contributed by atoms with Gasteiger partial charge in [0.25, 0.3) is 0 Å². The molecule has 0 aromatic heterocycles. The maximum absolute atomic E-state index is 12.5. The highest BCUT2D eigenvalue weighted by Gasteiger charge is 2.10. The fraction of sp³-hybridized carbons (Fsp3) is 0.0667. The lowest BCUT2D eigenvalue weighted by atomic mass is 10.0. The number of hydrogen-bond donors (Lipinski definition) is 2. The molecule has 3 aromatic rings. The smallest absolute Gasteiger partial charge is 0.189 e. The van der Waals surface area contributed by atoms with Gasteiger partial charge in [0.2, 0.25) is 0 Å². The molecular formula is C30H26O6. The molecule has 0 atom stereocenters. The summed E-state index contributed by atoms with van der Waals surface area (Å²) in [6.45, 7) is 7.75. The van der Waals surface area contributed by atoms with Crippen LogP contribution in [0, 0.1) is 0 Å². The second kappa shape index (κ2) is 12.6. The van der Waals surface area contributed by atoms with Gasteiger partial charge >= 0.3 is 0 Å². The van der Waals surface area contributed by atoms with Crippen molar-refractivity contribution in [2.75, 3.05) is 13.2 Å². The molecule has 0 radical (unpaired) electrons. The normalized spacial score (nSPS) is 10.9. The van der Waals surface area contributed by atoms with E-state index in [-0.39, 0.29) is 28.6 Å². The van der Waals surface area contributed by atoms with Crippen molar-refractivity contribution >= 4 is 23.7 Å². The van der Waals surface area contributed by atoms with Crippen molar-refractivity contribution in [3.8, 4) is 23.0 Å². The predicted molar refractivity (Wildman–Crippen MR) is 141 cm³/mol. The summed E-state index contributed by atoms with van der Waals surface area (Å²) in [5, 5.41) is 20.3. The first-order valence-corrected chi connectivity index (χ1v) is 11.1. The average Bonchev–Trinajstić information content (AvgIpc) is 2.89. The Morgan fingerprint density at radius 2 is 1.31 bits per heavy atom. The Morgan fingerprint density at radius 3 is 1.89 bits per heavy atom. The number of aromatic hydroxyl groups is 2. The van der Waals surface area contributed by atoms with E-state index in [4.69, 9.17) is 9.47 Å². The first-order chi connectivity index (χ1) is 17.4. The first kappa shape index (κ1) is 25.8. The quantitative estimate of drug-likeness (QED) is 0.186. The van der Waals surface area contributed by atoms with Crippen LogP contribution in [0.3, 0.4) is 0 Å². The van der Waals surface area contributed by atoms with Crippen molar-refractivity contribution < 1.29 is 29.3 Å². The van der Waals surface area contributed by atoms with Gasteiger partial charge in [-0.2, -0.15) is 0 Å². The van der Waals surface area contributed by atoms with Gasteiger partial charge in [0.1, 0.15) is 36.2 Å². The number of ketones is 2. The molecule has 3 rings (SSSR count). The van der Waals surface area contributed by atoms with E-state index in [0.717, 1.165) is 0 Å². The lowest BCUT2D eigenvalue weighted by molar-refractivity contribution is 0.103. The summed E-state index contributed by atoms with van der Waals surface area (Å²) in [7, 11) is 0. The number of carbonyl (C=O) groups excluding carboxylic acids is 2. The molecule has 0 unspecified atom stereocenters. The van der Waals surface area contributed by atoms with Gasteiger partial charge in [0.15, 0.2) is 11.6 Å². The Balaban J connectivity index is 1.62. The molecule has 36 heavy (non-hydrogen) atoms. The number of rotatable bonds is 12. The molecule has 0 bridgehead atoms. The summed E-state index contributed by atoms with van der Waals surface area (Å²) >= 11 is 0. The van der Waals surface area contributed by atoms with Gasteiger partial charge < -0.3 is 19.7 Å². The van der Waals surface area contributed by atoms with Crippen LogP contribution in [-0.4, -0.2) is 35.0 Å². The minimum atomic E-state index is -0.369. The van der Waals surface area contributed by atoms with Gasteiger partial charge in [-0.25, -0.2) is 0 Å². The number of ether oxygens (including phenoxy) is 2. The summed E-state index contributed by atoms with van der Waals surface area (Å²) in [6, 6.07) is 16.0. The fourth-order valence-electron chi connectivity index (χ4n) is 3.16. The van der Waals surface area contributed by atoms with Crippen LogP contribution in [0.5, 0.6) is 23.0 Å². The molecule has 182 valence electrons. The van der Waals surface area contributed by atoms with Gasteiger partial charge in [0, 0.05) is 23.3 Å². The zero-order valence-corrected chi connectivity index (χ0v) is 19.6. The number of carbonyl (C=O) groups is 2. The van der Waals surface area contributed by atoms with Crippen LogP contribution in [0.25, 0.3) is 12.2 Å². The highest BCUT2D eigenvalue weighted by atomic mass is 16.5. The topological polar surface area (TPSA) is 93.1 Å². The monoisotopic (exact) mass is 482 g/mol. The van der Waals surface area contributed by atoms with Crippen LogP contribution in [0.15, 0.2) is 98.1 Å². The third-order valence-electron chi connectivity index (χ3n) is 5.01. The van der Waals surface area contributed by atoms with Crippen molar-refractivity contribution in [2.24, 2.45) is 0 Å². The predicted octanol–water partition coefficient (Wildman–Crippen LogP) is 6.02. The lowest BCUT2D eigenvalue weighted by Crippen LogP contribution is -1.97. The van der Waals surface area contributed by atoms with E-state index in [1.807, 2.05) is 0 Å². The Morgan fingerprint density at radius 1 is 0.722 bits per heavy atom. The molecule has 0 amide bonds. The molecule has 0 saturated heterocycles. The third-order valence-corrected chi connectivity index (χ3v) is 5.01. The van der Waals surface area contributed by atoms with Crippen LogP contribution in [-0.2, 0) is 0 Å². The van der Waals surface area contributed by atoms with Crippen molar-refractivity contribution in [2.45, 2.75) is 0 Å². The Hall–Kier alpha value is -4.84. The van der Waals surface area contributed by atoms with Crippen molar-refractivity contribution in [1.82, 2.24) is 0 Å². The van der Waals surface area contributed by atoms with Gasteiger partial charge in [-0.1, -0.05) is 55.7 Å². The molecule has 0 aliphatic rings. The zero-order chi connectivity index (χ0) is 25.9. The van der Waals surface area contributed by atoms with Crippen LogP contribution in [0.4, 0.5) is 0 Å². The van der Waals surface area contributed by atoms with Crippen molar-refractivity contribution in [3.05, 3.63) is 120 Å². The van der Waals surface area contributed by atoms with E-state index >= 15 is 0 Å². The Labute approximate surface area is 209 Å². The highest BCUT2D eigenvalue weighted by molar-refractivity contribution is 6.09. The molecule has 6 nitrogen and oxygen atoms in total. The van der Waals surface area contributed by atoms with Gasteiger partial charge in [-0.15, -0.1) is 0 Å². The number of phenols is 2. The average molecular weight is 483 g/mol. The van der Waals surface area contributed by atoms with Crippen LogP contribution < -0.4 is 9.47 Å². The van der Waals surface area contributed by atoms with E-state index in [2.05, 4.69) is 13.2 Å². The van der Waals surface area contributed by atoms with E-state index in [9.17, 15) is 19.8 Å². The van der Waals surface area contributed by atoms with Gasteiger partial charge in [0.05, 0.1) is 5.56 Å². The standard InChI is InChI=1S/C30H26O6/c1-3-17-35-24-12-10-23(29(33)19-24)11-16-27(31)22-8-5-21(6-9-22)7-15-28(32)26-14-13-25(20-30(26)34)36-18-4-2/h3-16,19-20,33-34H,1-2,17-18H2/b15-7+,16-11+. The fourth-order valence-corrected chi connectivity index (χ4v) is 3.16. The summed E-state index contributed by atoms with van der Waals surface area (Å²) in [5.41, 5.74) is 1.79. The SMILES string of the molecule is C=CCOc1ccc(/C=C/C(=O)c2ccc(/C=C/C(=O)c3ccc(OCC=C)cc3O)cc2)c(O)c1. The van der Waals surface area contributed by atoms with Crippen LogP contribution >= 0.6 is 0 Å². The number of allylic oxidation sites excluding steroid dienone is 2. The van der Waals surface area contributed by atoms with Gasteiger partial charge in [-0.05, 0) is 48.1 Å². The number of phenolic OH excluding ortho intramolecular Hbond substituents is 2. The Bertz CT molecular complexity index is 1320. The molecule has 0 fully saturated rings. The summed E-state index contributed by atoms with van der Waals surface area (Å²) in [4.78, 5) is 25.0.